The highest BCUT2D eigenvalue weighted by atomic mass is 79.9. The van der Waals surface area contributed by atoms with Gasteiger partial charge in [-0.15, -0.1) is 0 Å². The minimum Gasteiger partial charge on any atom is -0.463 e. The molecule has 0 aliphatic carbocycles. The van der Waals surface area contributed by atoms with Gasteiger partial charge in [0.1, 0.15) is 0 Å². The van der Waals surface area contributed by atoms with Gasteiger partial charge in [0.25, 0.3) is 0 Å². The Morgan fingerprint density at radius 1 is 1.00 bits per heavy atom. The molecule has 0 aromatic carbocycles. The van der Waals surface area contributed by atoms with E-state index >= 15 is 0 Å². The molecule has 94 valence electrons. The van der Waals surface area contributed by atoms with E-state index in [2.05, 4.69) is 22.5 Å². The first kappa shape index (κ1) is 15.7. The summed E-state index contributed by atoms with van der Waals surface area (Å²) in [4.78, 5) is 10.7. The summed E-state index contributed by atoms with van der Waals surface area (Å²) in [5.74, 6) is -0.310. The van der Waals surface area contributed by atoms with E-state index in [1.54, 1.807) is 0 Å². The van der Waals surface area contributed by atoms with E-state index in [1.165, 1.54) is 44.6 Å². The highest BCUT2D eigenvalue weighted by Crippen LogP contribution is 2.09. The van der Waals surface area contributed by atoms with Crippen LogP contribution >= 0.6 is 15.9 Å². The zero-order valence-corrected chi connectivity index (χ0v) is 11.6. The minimum absolute atomic E-state index is 0.310. The van der Waals surface area contributed by atoms with E-state index in [4.69, 9.17) is 4.74 Å². The number of rotatable bonds is 11. The molecule has 0 bridgehead atoms. The SMILES string of the molecule is C=CC(=O)OCCCCCCCCCCBr. The lowest BCUT2D eigenvalue weighted by molar-refractivity contribution is -0.137. The summed E-state index contributed by atoms with van der Waals surface area (Å²) < 4.78 is 4.89. The fourth-order valence-corrected chi connectivity index (χ4v) is 1.89. The number of unbranched alkanes of at least 4 members (excludes halogenated alkanes) is 7. The van der Waals surface area contributed by atoms with Crippen LogP contribution in [0.5, 0.6) is 0 Å². The molecule has 0 atom stereocenters. The lowest BCUT2D eigenvalue weighted by atomic mass is 10.1. The van der Waals surface area contributed by atoms with Crippen molar-refractivity contribution in [2.75, 3.05) is 11.9 Å². The Hall–Kier alpha value is -0.310. The van der Waals surface area contributed by atoms with Crippen molar-refractivity contribution in [3.63, 3.8) is 0 Å². The zero-order chi connectivity index (χ0) is 12.1. The van der Waals surface area contributed by atoms with Crippen LogP contribution in [0, 0.1) is 0 Å². The summed E-state index contributed by atoms with van der Waals surface area (Å²) in [6, 6.07) is 0. The number of hydrogen-bond donors (Lipinski definition) is 0. The van der Waals surface area contributed by atoms with Crippen LogP contribution in [0.2, 0.25) is 0 Å². The molecule has 0 saturated carbocycles. The average Bonchev–Trinajstić information content (AvgIpc) is 2.31. The summed E-state index contributed by atoms with van der Waals surface area (Å²) >= 11 is 3.43. The maximum absolute atomic E-state index is 10.7. The Morgan fingerprint density at radius 3 is 2.00 bits per heavy atom. The van der Waals surface area contributed by atoms with Crippen LogP contribution in [0.25, 0.3) is 0 Å². The van der Waals surface area contributed by atoms with Crippen LogP contribution < -0.4 is 0 Å². The lowest BCUT2D eigenvalue weighted by Crippen LogP contribution is -2.01. The number of hydrogen-bond acceptors (Lipinski definition) is 2. The normalized spacial score (nSPS) is 10.1. The Balaban J connectivity index is 2.98. The predicted octanol–water partition coefficient (Wildman–Crippen LogP) is 4.23. The molecule has 0 fully saturated rings. The van der Waals surface area contributed by atoms with Crippen molar-refractivity contribution in [3.05, 3.63) is 12.7 Å². The first-order chi connectivity index (χ1) is 7.81. The number of alkyl halides is 1. The van der Waals surface area contributed by atoms with Crippen molar-refractivity contribution in [1.82, 2.24) is 0 Å². The van der Waals surface area contributed by atoms with Gasteiger partial charge in [0, 0.05) is 11.4 Å². The van der Waals surface area contributed by atoms with Crippen molar-refractivity contribution in [1.29, 1.82) is 0 Å². The molecule has 0 aliphatic heterocycles. The largest absolute Gasteiger partial charge is 0.463 e. The van der Waals surface area contributed by atoms with Gasteiger partial charge in [-0.05, 0) is 12.8 Å². The number of ether oxygens (including phenoxy) is 1. The van der Waals surface area contributed by atoms with Gasteiger partial charge in [0.05, 0.1) is 6.61 Å². The minimum atomic E-state index is -0.310. The van der Waals surface area contributed by atoms with Crippen LogP contribution in [0.3, 0.4) is 0 Å². The number of halogens is 1. The van der Waals surface area contributed by atoms with Crippen molar-refractivity contribution in [2.24, 2.45) is 0 Å². The number of carbonyl (C=O) groups is 1. The average molecular weight is 291 g/mol. The van der Waals surface area contributed by atoms with Gasteiger partial charge in [0.15, 0.2) is 0 Å². The molecule has 16 heavy (non-hydrogen) atoms. The van der Waals surface area contributed by atoms with Crippen molar-refractivity contribution in [3.8, 4) is 0 Å². The van der Waals surface area contributed by atoms with Gasteiger partial charge in [0.2, 0.25) is 0 Å². The molecule has 0 rings (SSSR count). The van der Waals surface area contributed by atoms with Crippen LogP contribution in [0.4, 0.5) is 0 Å². The van der Waals surface area contributed by atoms with Gasteiger partial charge < -0.3 is 4.74 Å². The molecule has 0 amide bonds. The summed E-state index contributed by atoms with van der Waals surface area (Å²) in [5.41, 5.74) is 0. The number of carbonyl (C=O) groups excluding carboxylic acids is 1. The fraction of sp³-hybridized carbons (Fsp3) is 0.769. The van der Waals surface area contributed by atoms with Gasteiger partial charge in [-0.1, -0.05) is 61.0 Å². The summed E-state index contributed by atoms with van der Waals surface area (Å²) in [6.45, 7) is 3.88. The Morgan fingerprint density at radius 2 is 1.50 bits per heavy atom. The summed E-state index contributed by atoms with van der Waals surface area (Å²) in [7, 11) is 0. The monoisotopic (exact) mass is 290 g/mol. The number of esters is 1. The predicted molar refractivity (Wildman–Crippen MR) is 71.9 cm³/mol. The quantitative estimate of drug-likeness (QED) is 0.246. The molecule has 0 aromatic rings. The molecule has 0 saturated heterocycles. The van der Waals surface area contributed by atoms with Crippen LogP contribution in [0.1, 0.15) is 51.4 Å². The van der Waals surface area contributed by atoms with Crippen LogP contribution in [0.15, 0.2) is 12.7 Å². The lowest BCUT2D eigenvalue weighted by Gasteiger charge is -2.02. The molecule has 0 aliphatic rings. The van der Waals surface area contributed by atoms with E-state index in [9.17, 15) is 4.79 Å². The maximum Gasteiger partial charge on any atom is 0.330 e. The molecule has 0 unspecified atom stereocenters. The summed E-state index contributed by atoms with van der Waals surface area (Å²) in [5, 5.41) is 1.13. The molecule has 0 heterocycles. The molecule has 2 nitrogen and oxygen atoms in total. The molecule has 0 N–H and O–H groups in total. The molecule has 0 aromatic heterocycles. The van der Waals surface area contributed by atoms with Gasteiger partial charge in [-0.2, -0.15) is 0 Å². The highest BCUT2D eigenvalue weighted by Gasteiger charge is 1.95. The Kier molecular flexibility index (Phi) is 12.5. The van der Waals surface area contributed by atoms with Crippen LogP contribution in [-0.2, 0) is 9.53 Å². The van der Waals surface area contributed by atoms with E-state index < -0.39 is 0 Å². The summed E-state index contributed by atoms with van der Waals surface area (Å²) in [6.07, 6.45) is 11.2. The Bertz CT molecular complexity index is 181. The molecular formula is C13H23BrO2. The fourth-order valence-electron chi connectivity index (χ4n) is 1.49. The van der Waals surface area contributed by atoms with Gasteiger partial charge >= 0.3 is 5.97 Å². The van der Waals surface area contributed by atoms with E-state index in [0.717, 1.165) is 18.2 Å². The first-order valence-electron chi connectivity index (χ1n) is 6.16. The van der Waals surface area contributed by atoms with E-state index in [0.29, 0.717) is 6.61 Å². The highest BCUT2D eigenvalue weighted by molar-refractivity contribution is 9.09. The second-order valence-electron chi connectivity index (χ2n) is 3.89. The van der Waals surface area contributed by atoms with Gasteiger partial charge in [-0.25, -0.2) is 4.79 Å². The Labute approximate surface area is 108 Å². The second-order valence-corrected chi connectivity index (χ2v) is 4.68. The zero-order valence-electron chi connectivity index (χ0n) is 10.0. The van der Waals surface area contributed by atoms with Crippen molar-refractivity contribution >= 4 is 21.9 Å². The van der Waals surface area contributed by atoms with Crippen LogP contribution in [-0.4, -0.2) is 17.9 Å². The third kappa shape index (κ3) is 11.8. The van der Waals surface area contributed by atoms with Crippen molar-refractivity contribution < 1.29 is 9.53 Å². The third-order valence-electron chi connectivity index (χ3n) is 2.44. The standard InChI is InChI=1S/C13H23BrO2/c1-2-13(15)16-12-10-8-6-4-3-5-7-9-11-14/h2H,1,3-12H2. The third-order valence-corrected chi connectivity index (χ3v) is 3.00. The molecule has 0 radical (unpaired) electrons. The molecular weight excluding hydrogens is 268 g/mol. The maximum atomic E-state index is 10.7. The molecule has 0 spiro atoms. The second kappa shape index (κ2) is 12.8. The smallest absolute Gasteiger partial charge is 0.330 e. The topological polar surface area (TPSA) is 26.3 Å². The van der Waals surface area contributed by atoms with Crippen molar-refractivity contribution in [2.45, 2.75) is 51.4 Å². The first-order valence-corrected chi connectivity index (χ1v) is 7.28. The van der Waals surface area contributed by atoms with E-state index in [-0.39, 0.29) is 5.97 Å². The van der Waals surface area contributed by atoms with Gasteiger partial charge in [-0.3, -0.25) is 0 Å². The molecule has 3 heteroatoms. The van der Waals surface area contributed by atoms with E-state index in [1.807, 2.05) is 0 Å².